The topological polar surface area (TPSA) is 17.8 Å². The fourth-order valence-corrected chi connectivity index (χ4v) is 2.56. The molecule has 0 N–H and O–H groups in total. The first-order valence-electron chi connectivity index (χ1n) is 4.01. The van der Waals surface area contributed by atoms with Crippen LogP contribution in [0.25, 0.3) is 5.69 Å². The highest BCUT2D eigenvalue weighted by Crippen LogP contribution is 2.16. The van der Waals surface area contributed by atoms with Crippen LogP contribution in [0.4, 0.5) is 0 Å². The van der Waals surface area contributed by atoms with Gasteiger partial charge in [-0.25, -0.2) is 4.68 Å². The lowest BCUT2D eigenvalue weighted by Crippen LogP contribution is -1.98. The minimum atomic E-state index is 0.582. The fourth-order valence-electron chi connectivity index (χ4n) is 1.21. The van der Waals surface area contributed by atoms with E-state index in [0.717, 1.165) is 11.3 Å². The Balaban J connectivity index is 2.66. The first-order valence-corrected chi connectivity index (χ1v) is 5.65. The van der Waals surface area contributed by atoms with E-state index in [1.165, 1.54) is 11.3 Å². The van der Waals surface area contributed by atoms with Crippen molar-refractivity contribution in [2.24, 2.45) is 0 Å². The number of aromatic nitrogens is 2. The molecule has 0 aliphatic rings. The minimum absolute atomic E-state index is 0.582. The Hall–Kier alpha value is -0.780. The zero-order chi connectivity index (χ0) is 10.1. The van der Waals surface area contributed by atoms with Crippen molar-refractivity contribution in [1.29, 1.82) is 0 Å². The Morgan fingerprint density at radius 3 is 2.71 bits per heavy atom. The maximum atomic E-state index is 5.17. The van der Waals surface area contributed by atoms with Gasteiger partial charge in [0, 0.05) is 0 Å². The molecule has 1 heterocycles. The van der Waals surface area contributed by atoms with Crippen molar-refractivity contribution in [3.8, 4) is 5.69 Å². The van der Waals surface area contributed by atoms with Crippen LogP contribution in [0.3, 0.4) is 0 Å². The van der Waals surface area contributed by atoms with Crippen LogP contribution in [0.15, 0.2) is 28.6 Å². The molecule has 2 nitrogen and oxygen atoms in total. The summed E-state index contributed by atoms with van der Waals surface area (Å²) in [4.78, 5) is 0. The largest absolute Gasteiger partial charge is 0.406 e. The summed E-state index contributed by atoms with van der Waals surface area (Å²) >= 11 is 11.5. The van der Waals surface area contributed by atoms with Crippen LogP contribution in [-0.4, -0.2) is 9.78 Å². The van der Waals surface area contributed by atoms with E-state index in [2.05, 4.69) is 5.10 Å². The normalized spacial score (nSPS) is 10.4. The molecule has 0 bridgehead atoms. The predicted octanol–water partition coefficient (Wildman–Crippen LogP) is 2.88. The fraction of sp³-hybridized carbons (Fsp3) is 0.111. The minimum Gasteiger partial charge on any atom is -0.406 e. The molecule has 0 aliphatic carbocycles. The second-order valence-corrected chi connectivity index (χ2v) is 5.10. The molecule has 0 amide bonds. The number of aryl methyl sites for hydroxylation is 1. The Labute approximate surface area is 96.6 Å². The van der Waals surface area contributed by atoms with Gasteiger partial charge in [-0.3, -0.25) is 0 Å². The third-order valence-electron chi connectivity index (χ3n) is 1.87. The van der Waals surface area contributed by atoms with Gasteiger partial charge < -0.3 is 24.0 Å². The van der Waals surface area contributed by atoms with E-state index in [4.69, 9.17) is 24.8 Å². The summed E-state index contributed by atoms with van der Waals surface area (Å²) in [6.45, 7) is 2.03. The van der Waals surface area contributed by atoms with E-state index in [-0.39, 0.29) is 0 Å². The average Bonchev–Trinajstić information content (AvgIpc) is 2.46. The Morgan fingerprint density at radius 1 is 1.43 bits per heavy atom. The van der Waals surface area contributed by atoms with Gasteiger partial charge >= 0.3 is 0 Å². The van der Waals surface area contributed by atoms with Crippen molar-refractivity contribution in [1.82, 2.24) is 9.78 Å². The van der Waals surface area contributed by atoms with Crippen LogP contribution in [0.5, 0.6) is 0 Å². The molecule has 14 heavy (non-hydrogen) atoms. The Bertz CT molecular complexity index is 513. The third kappa shape index (κ3) is 1.70. The van der Waals surface area contributed by atoms with Gasteiger partial charge in [0.05, 0.1) is 9.64 Å². The SMILES string of the molecule is Cc1ccccc1-n1nc([S-])sc1=S. The molecule has 0 radical (unpaired) electrons. The molecule has 0 fully saturated rings. The highest BCUT2D eigenvalue weighted by Gasteiger charge is 2.00. The molecule has 0 saturated carbocycles. The number of nitrogens with zero attached hydrogens (tertiary/aromatic N) is 2. The number of rotatable bonds is 1. The van der Waals surface area contributed by atoms with Crippen LogP contribution in [0, 0.1) is 10.9 Å². The van der Waals surface area contributed by atoms with Gasteiger partial charge in [-0.1, -0.05) is 30.4 Å². The summed E-state index contributed by atoms with van der Waals surface area (Å²) < 4.78 is 3.00. The van der Waals surface area contributed by atoms with Crippen molar-refractivity contribution in [3.63, 3.8) is 0 Å². The summed E-state index contributed by atoms with van der Waals surface area (Å²) in [5, 5.41) is 4.19. The smallest absolute Gasteiger partial charge is 0.0904 e. The Morgan fingerprint density at radius 2 is 2.14 bits per heavy atom. The summed E-state index contributed by atoms with van der Waals surface area (Å²) in [6.07, 6.45) is 0. The number of hydrogen-bond donors (Lipinski definition) is 0. The van der Waals surface area contributed by atoms with Gasteiger partial charge in [0.1, 0.15) is 0 Å². The Kier molecular flexibility index (Phi) is 2.62. The van der Waals surface area contributed by atoms with Gasteiger partial charge in [0.15, 0.2) is 0 Å². The zero-order valence-electron chi connectivity index (χ0n) is 7.43. The van der Waals surface area contributed by atoms with Gasteiger partial charge in [0.2, 0.25) is 0 Å². The highest BCUT2D eigenvalue weighted by atomic mass is 32.2. The third-order valence-corrected chi connectivity index (χ3v) is 3.23. The van der Waals surface area contributed by atoms with Crippen LogP contribution in [0.1, 0.15) is 5.56 Å². The maximum Gasteiger partial charge on any atom is 0.0904 e. The molecule has 0 atom stereocenters. The second-order valence-electron chi connectivity index (χ2n) is 2.83. The molecular weight excluding hydrogens is 232 g/mol. The summed E-state index contributed by atoms with van der Waals surface area (Å²) in [5.74, 6) is 0. The van der Waals surface area contributed by atoms with Crippen molar-refractivity contribution in [2.75, 3.05) is 0 Å². The van der Waals surface area contributed by atoms with Gasteiger partial charge in [-0.15, -0.1) is 0 Å². The van der Waals surface area contributed by atoms with Crippen molar-refractivity contribution < 1.29 is 0 Å². The predicted molar refractivity (Wildman–Crippen MR) is 62.6 cm³/mol. The van der Waals surface area contributed by atoms with Gasteiger partial charge in [-0.05, 0) is 22.9 Å². The molecule has 72 valence electrons. The molecule has 5 heteroatoms. The lowest BCUT2D eigenvalue weighted by molar-refractivity contribution is 0.824. The van der Waals surface area contributed by atoms with Gasteiger partial charge in [0.25, 0.3) is 0 Å². The van der Waals surface area contributed by atoms with Crippen LogP contribution >= 0.6 is 23.6 Å². The first-order chi connectivity index (χ1) is 6.68. The van der Waals surface area contributed by atoms with E-state index >= 15 is 0 Å². The number of benzene rings is 1. The van der Waals surface area contributed by atoms with E-state index in [1.54, 1.807) is 4.68 Å². The number of para-hydroxylation sites is 1. The molecule has 0 unspecified atom stereocenters. The van der Waals surface area contributed by atoms with Crippen molar-refractivity contribution in [3.05, 3.63) is 33.8 Å². The van der Waals surface area contributed by atoms with Crippen LogP contribution < -0.4 is 0 Å². The molecule has 0 spiro atoms. The zero-order valence-corrected chi connectivity index (χ0v) is 9.88. The van der Waals surface area contributed by atoms with Crippen LogP contribution in [-0.2, 0) is 12.6 Å². The van der Waals surface area contributed by atoms with Gasteiger partial charge in [-0.2, -0.15) is 5.10 Å². The van der Waals surface area contributed by atoms with E-state index in [0.29, 0.717) is 8.29 Å². The molecule has 2 rings (SSSR count). The van der Waals surface area contributed by atoms with Crippen molar-refractivity contribution >= 4 is 36.2 Å². The van der Waals surface area contributed by atoms with E-state index in [9.17, 15) is 0 Å². The molecule has 0 aliphatic heterocycles. The highest BCUT2D eigenvalue weighted by molar-refractivity contribution is 7.74. The van der Waals surface area contributed by atoms with Crippen molar-refractivity contribution in [2.45, 2.75) is 11.3 Å². The molecule has 1 aromatic carbocycles. The number of hydrogen-bond acceptors (Lipinski definition) is 4. The molecule has 2 aromatic rings. The second kappa shape index (κ2) is 3.76. The molecule has 0 saturated heterocycles. The summed E-state index contributed by atoms with van der Waals surface area (Å²) in [7, 11) is 0. The molecule has 1 aromatic heterocycles. The molecular formula is C9H7N2S3-. The monoisotopic (exact) mass is 239 g/mol. The lowest BCUT2D eigenvalue weighted by atomic mass is 10.2. The lowest BCUT2D eigenvalue weighted by Gasteiger charge is -2.05. The summed E-state index contributed by atoms with van der Waals surface area (Å²) in [6, 6.07) is 7.97. The first kappa shape index (κ1) is 9.76. The summed E-state index contributed by atoms with van der Waals surface area (Å²) in [5.41, 5.74) is 2.15. The van der Waals surface area contributed by atoms with E-state index in [1.807, 2.05) is 31.2 Å². The average molecular weight is 239 g/mol. The maximum absolute atomic E-state index is 5.17. The standard InChI is InChI=1S/C9H8N2S3/c1-6-4-2-3-5-7(6)11-9(13)14-8(12)10-11/h2-5H,1H3,(H,10,12)/p-1. The van der Waals surface area contributed by atoms with Crippen LogP contribution in [0.2, 0.25) is 0 Å². The van der Waals surface area contributed by atoms with E-state index < -0.39 is 0 Å². The quantitative estimate of drug-likeness (QED) is 0.563.